The maximum absolute atomic E-state index is 12.0. The molecule has 2 atom stereocenters. The van der Waals surface area contributed by atoms with Gasteiger partial charge in [-0.05, 0) is 13.3 Å². The van der Waals surface area contributed by atoms with Gasteiger partial charge < -0.3 is 4.74 Å². The molecule has 0 unspecified atom stereocenters. The molecule has 0 aliphatic heterocycles. The van der Waals surface area contributed by atoms with Gasteiger partial charge in [-0.25, -0.2) is 9.18 Å². The fourth-order valence-electron chi connectivity index (χ4n) is 0.451. The molecule has 0 fully saturated rings. The summed E-state index contributed by atoms with van der Waals surface area (Å²) in [6.07, 6.45) is -0.689. The Morgan fingerprint density at radius 3 is 2.54 bits per heavy atom. The fourth-order valence-corrected chi connectivity index (χ4v) is 0.505. The molecule has 0 rings (SSSR count). The van der Waals surface area contributed by atoms with Crippen LogP contribution in [0.3, 0.4) is 0 Å². The summed E-state index contributed by atoms with van der Waals surface area (Å²) in [6, 6.07) is 0. The number of halogens is 2. The summed E-state index contributed by atoms with van der Waals surface area (Å²) in [5.74, 6) is -1.21. The SMILES string of the molecule is CC[C@@H](C)OC(=O)NC(=O)[C@H](F)Cl. The van der Waals surface area contributed by atoms with E-state index in [1.165, 1.54) is 0 Å². The average Bonchev–Trinajstić information content (AvgIpc) is 2.03. The van der Waals surface area contributed by atoms with Crippen molar-refractivity contribution in [2.75, 3.05) is 0 Å². The van der Waals surface area contributed by atoms with Crippen molar-refractivity contribution in [3.63, 3.8) is 0 Å². The summed E-state index contributed by atoms with van der Waals surface area (Å²) in [4.78, 5) is 21.3. The quantitative estimate of drug-likeness (QED) is 0.721. The Labute approximate surface area is 80.4 Å². The second kappa shape index (κ2) is 5.75. The third-order valence-corrected chi connectivity index (χ3v) is 1.50. The van der Waals surface area contributed by atoms with E-state index in [0.29, 0.717) is 6.42 Å². The summed E-state index contributed by atoms with van der Waals surface area (Å²) in [5.41, 5.74) is -2.23. The molecule has 4 nitrogen and oxygen atoms in total. The number of amides is 2. The van der Waals surface area contributed by atoms with Crippen molar-refractivity contribution >= 4 is 23.6 Å². The van der Waals surface area contributed by atoms with Gasteiger partial charge in [0, 0.05) is 0 Å². The summed E-state index contributed by atoms with van der Waals surface area (Å²) in [6.45, 7) is 3.46. The van der Waals surface area contributed by atoms with E-state index in [1.54, 1.807) is 19.2 Å². The van der Waals surface area contributed by atoms with Gasteiger partial charge in [0.15, 0.2) is 0 Å². The minimum absolute atomic E-state index is 0.318. The average molecular weight is 212 g/mol. The Bertz CT molecular complexity index is 198. The van der Waals surface area contributed by atoms with Crippen LogP contribution in [-0.4, -0.2) is 23.7 Å². The summed E-state index contributed by atoms with van der Waals surface area (Å²) >= 11 is 4.76. The van der Waals surface area contributed by atoms with E-state index >= 15 is 0 Å². The van der Waals surface area contributed by atoms with Crippen LogP contribution in [0, 0.1) is 0 Å². The lowest BCUT2D eigenvalue weighted by Crippen LogP contribution is -2.36. The number of carbonyl (C=O) groups excluding carboxylic acids is 2. The topological polar surface area (TPSA) is 55.4 Å². The lowest BCUT2D eigenvalue weighted by molar-refractivity contribution is -0.122. The van der Waals surface area contributed by atoms with Crippen LogP contribution in [0.1, 0.15) is 20.3 Å². The zero-order valence-electron chi connectivity index (χ0n) is 7.34. The number of hydrogen-bond donors (Lipinski definition) is 1. The predicted molar refractivity (Wildman–Crippen MR) is 45.1 cm³/mol. The molecule has 0 spiro atoms. The van der Waals surface area contributed by atoms with Gasteiger partial charge in [-0.3, -0.25) is 10.1 Å². The third kappa shape index (κ3) is 5.41. The van der Waals surface area contributed by atoms with Crippen LogP contribution in [-0.2, 0) is 9.53 Å². The predicted octanol–water partition coefficient (Wildman–Crippen LogP) is 1.57. The molecule has 0 heterocycles. The minimum atomic E-state index is -2.23. The van der Waals surface area contributed by atoms with E-state index in [9.17, 15) is 14.0 Å². The maximum atomic E-state index is 12.0. The second-order valence-corrected chi connectivity index (χ2v) is 2.80. The monoisotopic (exact) mass is 211 g/mol. The van der Waals surface area contributed by atoms with E-state index in [1.807, 2.05) is 0 Å². The first-order valence-electron chi connectivity index (χ1n) is 3.77. The maximum Gasteiger partial charge on any atom is 0.414 e. The summed E-state index contributed by atoms with van der Waals surface area (Å²) < 4.78 is 16.6. The Balaban J connectivity index is 3.81. The van der Waals surface area contributed by atoms with E-state index in [-0.39, 0.29) is 6.10 Å². The first kappa shape index (κ1) is 12.2. The van der Waals surface area contributed by atoms with Crippen LogP contribution in [0.5, 0.6) is 0 Å². The Kier molecular flexibility index (Phi) is 5.37. The van der Waals surface area contributed by atoms with Gasteiger partial charge in [0.25, 0.3) is 11.5 Å². The smallest absolute Gasteiger partial charge is 0.414 e. The van der Waals surface area contributed by atoms with Crippen LogP contribution < -0.4 is 5.32 Å². The van der Waals surface area contributed by atoms with Crippen LogP contribution >= 0.6 is 11.6 Å². The van der Waals surface area contributed by atoms with Crippen molar-refractivity contribution < 1.29 is 18.7 Å². The van der Waals surface area contributed by atoms with Crippen molar-refractivity contribution in [2.45, 2.75) is 32.0 Å². The van der Waals surface area contributed by atoms with E-state index in [0.717, 1.165) is 0 Å². The van der Waals surface area contributed by atoms with Crippen LogP contribution in [0.25, 0.3) is 0 Å². The molecular formula is C7H11ClFNO3. The molecule has 0 radical (unpaired) electrons. The molecule has 2 amide bonds. The van der Waals surface area contributed by atoms with Gasteiger partial charge in [-0.1, -0.05) is 18.5 Å². The number of ether oxygens (including phenoxy) is 1. The Morgan fingerprint density at radius 1 is 1.62 bits per heavy atom. The van der Waals surface area contributed by atoms with Crippen molar-refractivity contribution in [1.29, 1.82) is 0 Å². The molecule has 0 bridgehead atoms. The summed E-state index contributed by atoms with van der Waals surface area (Å²) in [5, 5.41) is 1.64. The second-order valence-electron chi connectivity index (χ2n) is 2.41. The fraction of sp³-hybridized carbons (Fsp3) is 0.714. The van der Waals surface area contributed by atoms with Gasteiger partial charge in [-0.2, -0.15) is 0 Å². The van der Waals surface area contributed by atoms with Crippen molar-refractivity contribution in [1.82, 2.24) is 5.32 Å². The van der Waals surface area contributed by atoms with Crippen LogP contribution in [0.2, 0.25) is 0 Å². The van der Waals surface area contributed by atoms with Gasteiger partial charge in [0.05, 0.1) is 0 Å². The number of rotatable bonds is 3. The molecule has 0 aromatic carbocycles. The molecule has 0 saturated heterocycles. The molecule has 0 aromatic heterocycles. The molecule has 1 N–H and O–H groups in total. The van der Waals surface area contributed by atoms with Crippen molar-refractivity contribution in [3.8, 4) is 0 Å². The highest BCUT2D eigenvalue weighted by Crippen LogP contribution is 1.99. The van der Waals surface area contributed by atoms with Crippen molar-refractivity contribution in [2.24, 2.45) is 0 Å². The van der Waals surface area contributed by atoms with E-state index in [4.69, 9.17) is 11.6 Å². The molecule has 0 aromatic rings. The third-order valence-electron chi connectivity index (χ3n) is 1.31. The molecule has 13 heavy (non-hydrogen) atoms. The summed E-state index contributed by atoms with van der Waals surface area (Å²) in [7, 11) is 0. The number of carbonyl (C=O) groups is 2. The van der Waals surface area contributed by atoms with Crippen molar-refractivity contribution in [3.05, 3.63) is 0 Å². The van der Waals surface area contributed by atoms with E-state index < -0.39 is 17.6 Å². The molecule has 0 saturated carbocycles. The lowest BCUT2D eigenvalue weighted by atomic mass is 10.3. The highest BCUT2D eigenvalue weighted by molar-refractivity contribution is 6.30. The normalized spacial score (nSPS) is 14.5. The molecular weight excluding hydrogens is 201 g/mol. The standard InChI is InChI=1S/C7H11ClFNO3/c1-3-4(2)13-7(12)10-6(11)5(8)9/h4-5H,3H2,1-2H3,(H,10,11,12)/t4-,5+/m1/s1. The van der Waals surface area contributed by atoms with Crippen LogP contribution in [0.4, 0.5) is 9.18 Å². The van der Waals surface area contributed by atoms with Gasteiger partial charge in [0.1, 0.15) is 6.10 Å². The zero-order valence-corrected chi connectivity index (χ0v) is 8.10. The Hall–Kier alpha value is -0.840. The molecule has 76 valence electrons. The Morgan fingerprint density at radius 2 is 2.15 bits per heavy atom. The number of imide groups is 1. The minimum Gasteiger partial charge on any atom is -0.446 e. The van der Waals surface area contributed by atoms with Gasteiger partial charge in [0.2, 0.25) is 0 Å². The number of hydrogen-bond acceptors (Lipinski definition) is 3. The van der Waals surface area contributed by atoms with Gasteiger partial charge >= 0.3 is 6.09 Å². The largest absolute Gasteiger partial charge is 0.446 e. The number of alkyl halides is 2. The highest BCUT2D eigenvalue weighted by atomic mass is 35.5. The van der Waals surface area contributed by atoms with Crippen LogP contribution in [0.15, 0.2) is 0 Å². The molecule has 0 aliphatic rings. The van der Waals surface area contributed by atoms with Gasteiger partial charge in [-0.15, -0.1) is 0 Å². The lowest BCUT2D eigenvalue weighted by Gasteiger charge is -2.10. The first-order chi connectivity index (χ1) is 5.97. The highest BCUT2D eigenvalue weighted by Gasteiger charge is 2.18. The first-order valence-corrected chi connectivity index (χ1v) is 4.20. The molecule has 0 aliphatic carbocycles. The number of nitrogens with one attached hydrogen (secondary N) is 1. The zero-order chi connectivity index (χ0) is 10.4. The van der Waals surface area contributed by atoms with E-state index in [2.05, 4.69) is 4.74 Å². The molecule has 6 heteroatoms. The number of alkyl carbamates (subject to hydrolysis) is 1.